The second-order valence-corrected chi connectivity index (χ2v) is 8.52. The van der Waals surface area contributed by atoms with Crippen molar-refractivity contribution in [1.29, 1.82) is 0 Å². The fraction of sp³-hybridized carbons (Fsp3) is 0.167. The van der Waals surface area contributed by atoms with Gasteiger partial charge in [0, 0.05) is 15.2 Å². The monoisotopic (exact) mass is 463 g/mol. The Balaban J connectivity index is 1.65. The van der Waals surface area contributed by atoms with Crippen LogP contribution in [0.3, 0.4) is 0 Å². The minimum atomic E-state index is -0.425. The van der Waals surface area contributed by atoms with E-state index in [1.807, 2.05) is 60.1 Å². The van der Waals surface area contributed by atoms with Gasteiger partial charge in [-0.2, -0.15) is 0 Å². The number of rotatable bonds is 3. The van der Waals surface area contributed by atoms with Crippen molar-refractivity contribution in [3.05, 3.63) is 69.4 Å². The number of aromatic nitrogens is 3. The molecule has 27 heavy (non-hydrogen) atoms. The molecule has 6 nitrogen and oxygen atoms in total. The molecule has 2 aromatic carbocycles. The number of aryl methyl sites for hydroxylation is 1. The minimum absolute atomic E-state index is 0.110. The van der Waals surface area contributed by atoms with Crippen LogP contribution in [-0.4, -0.2) is 26.0 Å². The second-order valence-electron chi connectivity index (χ2n) is 6.06. The lowest BCUT2D eigenvalue weighted by Crippen LogP contribution is -2.41. The molecule has 0 aliphatic carbocycles. The molecule has 2 atom stereocenters. The van der Waals surface area contributed by atoms with E-state index in [1.165, 1.54) is 11.8 Å². The molecule has 1 amide bonds. The summed E-state index contributed by atoms with van der Waals surface area (Å²) in [6.45, 7) is 1.87. The van der Waals surface area contributed by atoms with E-state index in [1.54, 1.807) is 0 Å². The summed E-state index contributed by atoms with van der Waals surface area (Å²) in [4.78, 5) is 13.1. The first kappa shape index (κ1) is 18.3. The van der Waals surface area contributed by atoms with Crippen LogP contribution in [-0.2, 0) is 4.79 Å². The fourth-order valence-corrected chi connectivity index (χ4v) is 4.34. The first-order chi connectivity index (χ1) is 13.0. The van der Waals surface area contributed by atoms with Gasteiger partial charge in [-0.1, -0.05) is 51.4 Å². The average Bonchev–Trinajstić information content (AvgIpc) is 3.03. The highest BCUT2D eigenvalue weighted by molar-refractivity contribution is 9.10. The third-order valence-electron chi connectivity index (χ3n) is 4.20. The Bertz CT molecular complexity index is 976. The lowest BCUT2D eigenvalue weighted by molar-refractivity contribution is -0.116. The van der Waals surface area contributed by atoms with Gasteiger partial charge in [-0.15, -0.1) is 10.2 Å². The molecule has 1 aromatic heterocycles. The molecule has 3 aromatic rings. The number of hydrogen-bond donors (Lipinski definition) is 2. The molecule has 0 spiro atoms. The fourth-order valence-electron chi connectivity index (χ4n) is 2.83. The lowest BCUT2D eigenvalue weighted by Gasteiger charge is -2.32. The molecule has 1 aliphatic rings. The summed E-state index contributed by atoms with van der Waals surface area (Å²) in [7, 11) is 0. The lowest BCUT2D eigenvalue weighted by atomic mass is 10.0. The van der Waals surface area contributed by atoms with E-state index in [0.29, 0.717) is 10.2 Å². The van der Waals surface area contributed by atoms with Crippen molar-refractivity contribution in [1.82, 2.24) is 14.9 Å². The van der Waals surface area contributed by atoms with Crippen molar-refractivity contribution in [2.75, 3.05) is 10.7 Å². The molecule has 138 valence electrons. The average molecular weight is 465 g/mol. The molecule has 0 fully saturated rings. The van der Waals surface area contributed by atoms with E-state index in [9.17, 15) is 4.79 Å². The van der Waals surface area contributed by atoms with Crippen molar-refractivity contribution in [2.45, 2.75) is 23.4 Å². The molecule has 0 saturated heterocycles. The van der Waals surface area contributed by atoms with Gasteiger partial charge in [0.05, 0.1) is 6.04 Å². The third-order valence-corrected chi connectivity index (χ3v) is 6.19. The largest absolute Gasteiger partial charge is 0.325 e. The third kappa shape index (κ3) is 3.83. The van der Waals surface area contributed by atoms with Crippen LogP contribution >= 0.6 is 39.3 Å². The number of thioether (sulfide) groups is 1. The van der Waals surface area contributed by atoms with Gasteiger partial charge in [-0.05, 0) is 48.9 Å². The number of benzene rings is 2. The molecule has 0 bridgehead atoms. The van der Waals surface area contributed by atoms with Gasteiger partial charge in [-0.3, -0.25) is 4.79 Å². The molecule has 2 heterocycles. The molecule has 0 saturated carbocycles. The summed E-state index contributed by atoms with van der Waals surface area (Å²) in [5, 5.41) is 12.1. The molecule has 1 aliphatic heterocycles. The summed E-state index contributed by atoms with van der Waals surface area (Å²) < 4.78 is 2.77. The second kappa shape index (κ2) is 7.53. The van der Waals surface area contributed by atoms with Crippen LogP contribution in [0.4, 0.5) is 5.69 Å². The number of anilines is 1. The van der Waals surface area contributed by atoms with Crippen LogP contribution in [0.15, 0.2) is 58.2 Å². The van der Waals surface area contributed by atoms with E-state index in [4.69, 9.17) is 11.6 Å². The Labute approximate surface area is 173 Å². The van der Waals surface area contributed by atoms with Crippen molar-refractivity contribution in [3.63, 3.8) is 0 Å². The standard InChI is InChI=1S/C18H15BrClN5OS/c1-10-22-23-18-25(10)24-15(11-2-6-13(20)7-3-11)16(27-18)17(26)21-14-8-4-12(19)5-9-14/h2-9,15-16,24H,1H3,(H,21,26)/t15-,16+/m0/s1. The smallest absolute Gasteiger partial charge is 0.240 e. The van der Waals surface area contributed by atoms with Gasteiger partial charge in [0.1, 0.15) is 11.1 Å². The zero-order valence-corrected chi connectivity index (χ0v) is 17.3. The first-order valence-electron chi connectivity index (χ1n) is 8.18. The normalized spacial score (nSPS) is 18.5. The highest BCUT2D eigenvalue weighted by Gasteiger charge is 2.37. The molecule has 9 heteroatoms. The van der Waals surface area contributed by atoms with E-state index in [0.717, 1.165) is 21.5 Å². The predicted octanol–water partition coefficient (Wildman–Crippen LogP) is 4.40. The number of halogens is 2. The number of carbonyl (C=O) groups excluding carboxylic acids is 1. The Kier molecular flexibility index (Phi) is 5.12. The predicted molar refractivity (Wildman–Crippen MR) is 111 cm³/mol. The van der Waals surface area contributed by atoms with Crippen molar-refractivity contribution in [3.8, 4) is 0 Å². The molecule has 4 rings (SSSR count). The highest BCUT2D eigenvalue weighted by Crippen LogP contribution is 2.37. The number of amides is 1. The Morgan fingerprint density at radius 2 is 1.89 bits per heavy atom. The van der Waals surface area contributed by atoms with Gasteiger partial charge in [0.15, 0.2) is 0 Å². The molecule has 0 unspecified atom stereocenters. The van der Waals surface area contributed by atoms with Crippen molar-refractivity contribution >= 4 is 50.9 Å². The number of fused-ring (bicyclic) bond motifs is 1. The summed E-state index contributed by atoms with van der Waals surface area (Å²) >= 11 is 10.8. The Hall–Kier alpha value is -2.03. The van der Waals surface area contributed by atoms with Crippen LogP contribution in [0.25, 0.3) is 0 Å². The van der Waals surface area contributed by atoms with Crippen LogP contribution in [0, 0.1) is 6.92 Å². The molecule has 2 N–H and O–H groups in total. The number of nitrogens with one attached hydrogen (secondary N) is 2. The number of carbonyl (C=O) groups is 1. The zero-order chi connectivity index (χ0) is 19.0. The Morgan fingerprint density at radius 1 is 1.19 bits per heavy atom. The van der Waals surface area contributed by atoms with Gasteiger partial charge in [-0.25, -0.2) is 4.68 Å². The molecular weight excluding hydrogens is 450 g/mol. The van der Waals surface area contributed by atoms with Gasteiger partial charge < -0.3 is 10.7 Å². The first-order valence-corrected chi connectivity index (χ1v) is 10.2. The van der Waals surface area contributed by atoms with Crippen LogP contribution < -0.4 is 10.7 Å². The summed E-state index contributed by atoms with van der Waals surface area (Å²) in [5.74, 6) is 0.630. The quantitative estimate of drug-likeness (QED) is 0.601. The van der Waals surface area contributed by atoms with Crippen molar-refractivity contribution < 1.29 is 4.79 Å². The van der Waals surface area contributed by atoms with Crippen LogP contribution in [0.2, 0.25) is 5.02 Å². The van der Waals surface area contributed by atoms with E-state index >= 15 is 0 Å². The summed E-state index contributed by atoms with van der Waals surface area (Å²) in [6.07, 6.45) is 0. The van der Waals surface area contributed by atoms with E-state index in [-0.39, 0.29) is 11.9 Å². The van der Waals surface area contributed by atoms with Crippen LogP contribution in [0.5, 0.6) is 0 Å². The maximum Gasteiger partial charge on any atom is 0.240 e. The molecular formula is C18H15BrClN5OS. The van der Waals surface area contributed by atoms with Gasteiger partial charge >= 0.3 is 0 Å². The topological polar surface area (TPSA) is 71.8 Å². The van der Waals surface area contributed by atoms with E-state index < -0.39 is 5.25 Å². The summed E-state index contributed by atoms with van der Waals surface area (Å²) in [6, 6.07) is 14.7. The number of nitrogens with zero attached hydrogens (tertiary/aromatic N) is 3. The summed E-state index contributed by atoms with van der Waals surface area (Å²) in [5.41, 5.74) is 5.06. The van der Waals surface area contributed by atoms with Crippen molar-refractivity contribution in [2.24, 2.45) is 0 Å². The minimum Gasteiger partial charge on any atom is -0.325 e. The van der Waals surface area contributed by atoms with Gasteiger partial charge in [0.25, 0.3) is 0 Å². The van der Waals surface area contributed by atoms with E-state index in [2.05, 4.69) is 36.9 Å². The van der Waals surface area contributed by atoms with Gasteiger partial charge in [0.2, 0.25) is 11.1 Å². The van der Waals surface area contributed by atoms with Crippen LogP contribution in [0.1, 0.15) is 17.4 Å². The maximum absolute atomic E-state index is 13.1. The highest BCUT2D eigenvalue weighted by atomic mass is 79.9. The zero-order valence-electron chi connectivity index (χ0n) is 14.2. The maximum atomic E-state index is 13.1. The number of hydrogen-bond acceptors (Lipinski definition) is 5. The molecule has 0 radical (unpaired) electrons. The Morgan fingerprint density at radius 3 is 2.59 bits per heavy atom. The SMILES string of the molecule is Cc1nnc2n1N[C@@H](c1ccc(Cl)cc1)[C@H](C(=O)Nc1ccc(Br)cc1)S2.